The Morgan fingerprint density at radius 2 is 1.89 bits per heavy atom. The van der Waals surface area contributed by atoms with Crippen molar-refractivity contribution < 1.29 is 4.79 Å². The topological polar surface area (TPSA) is 29.1 Å². The average Bonchev–Trinajstić information content (AvgIpc) is 2.33. The van der Waals surface area contributed by atoms with Crippen molar-refractivity contribution in [1.82, 2.24) is 5.32 Å². The quantitative estimate of drug-likeness (QED) is 0.789. The second-order valence-electron chi connectivity index (χ2n) is 6.15. The summed E-state index contributed by atoms with van der Waals surface area (Å²) in [5.74, 6) is 0.127. The number of aryl methyl sites for hydroxylation is 1. The van der Waals surface area contributed by atoms with Crippen molar-refractivity contribution in [2.45, 2.75) is 44.9 Å². The summed E-state index contributed by atoms with van der Waals surface area (Å²) in [7, 11) is 0. The van der Waals surface area contributed by atoms with Crippen molar-refractivity contribution >= 4 is 21.8 Å². The Morgan fingerprint density at radius 1 is 1.26 bits per heavy atom. The van der Waals surface area contributed by atoms with Crippen LogP contribution in [0.2, 0.25) is 0 Å². The Balaban J connectivity index is 2.21. The SMILES string of the molecule is CC(C)(C)CC(Br)CNC(=O)CCc1ccccc1. The number of carbonyl (C=O) groups is 1. The van der Waals surface area contributed by atoms with Gasteiger partial charge in [-0.25, -0.2) is 0 Å². The van der Waals surface area contributed by atoms with Gasteiger partial charge in [-0.3, -0.25) is 4.79 Å². The smallest absolute Gasteiger partial charge is 0.220 e. The van der Waals surface area contributed by atoms with E-state index in [1.807, 2.05) is 18.2 Å². The number of halogens is 1. The fourth-order valence-electron chi connectivity index (χ4n) is 1.95. The summed E-state index contributed by atoms with van der Waals surface area (Å²) in [5, 5.41) is 2.99. The van der Waals surface area contributed by atoms with Gasteiger partial charge >= 0.3 is 0 Å². The predicted octanol–water partition coefficient (Wildman–Crippen LogP) is 3.94. The molecule has 0 heterocycles. The van der Waals surface area contributed by atoms with Gasteiger partial charge in [0.1, 0.15) is 0 Å². The monoisotopic (exact) mass is 325 g/mol. The van der Waals surface area contributed by atoms with E-state index in [1.54, 1.807) is 0 Å². The second kappa shape index (κ2) is 7.68. The second-order valence-corrected chi connectivity index (χ2v) is 7.45. The number of alkyl halides is 1. The fourth-order valence-corrected chi connectivity index (χ4v) is 3.09. The van der Waals surface area contributed by atoms with E-state index in [-0.39, 0.29) is 11.3 Å². The van der Waals surface area contributed by atoms with Crippen molar-refractivity contribution in [1.29, 1.82) is 0 Å². The molecule has 1 amide bonds. The molecule has 0 spiro atoms. The molecule has 1 rings (SSSR count). The van der Waals surface area contributed by atoms with Crippen LogP contribution in [0.15, 0.2) is 30.3 Å². The maximum Gasteiger partial charge on any atom is 0.220 e. The first-order valence-corrected chi connectivity index (χ1v) is 7.73. The zero-order chi connectivity index (χ0) is 14.3. The molecule has 0 saturated carbocycles. The lowest BCUT2D eigenvalue weighted by Gasteiger charge is -2.22. The molecule has 0 radical (unpaired) electrons. The lowest BCUT2D eigenvalue weighted by molar-refractivity contribution is -0.121. The average molecular weight is 326 g/mol. The molecule has 0 aliphatic carbocycles. The van der Waals surface area contributed by atoms with Gasteiger partial charge in [0.15, 0.2) is 0 Å². The maximum absolute atomic E-state index is 11.8. The molecule has 19 heavy (non-hydrogen) atoms. The number of hydrogen-bond donors (Lipinski definition) is 1. The lowest BCUT2D eigenvalue weighted by Crippen LogP contribution is -2.31. The van der Waals surface area contributed by atoms with E-state index in [2.05, 4.69) is 54.2 Å². The number of carbonyl (C=O) groups excluding carboxylic acids is 1. The third-order valence-electron chi connectivity index (χ3n) is 2.84. The Kier molecular flexibility index (Phi) is 6.56. The highest BCUT2D eigenvalue weighted by Crippen LogP contribution is 2.24. The van der Waals surface area contributed by atoms with Crippen LogP contribution in [0.25, 0.3) is 0 Å². The van der Waals surface area contributed by atoms with E-state index in [9.17, 15) is 4.79 Å². The maximum atomic E-state index is 11.8. The highest BCUT2D eigenvalue weighted by Gasteiger charge is 2.16. The van der Waals surface area contributed by atoms with Gasteiger partial charge < -0.3 is 5.32 Å². The molecule has 1 aromatic rings. The molecule has 1 atom stereocenters. The molecular formula is C16H24BrNO. The first-order valence-electron chi connectivity index (χ1n) is 6.81. The van der Waals surface area contributed by atoms with E-state index >= 15 is 0 Å². The van der Waals surface area contributed by atoms with Crippen LogP contribution in [-0.4, -0.2) is 17.3 Å². The van der Waals surface area contributed by atoms with E-state index in [0.717, 1.165) is 12.8 Å². The summed E-state index contributed by atoms with van der Waals surface area (Å²) >= 11 is 3.62. The van der Waals surface area contributed by atoms with Crippen molar-refractivity contribution in [2.24, 2.45) is 5.41 Å². The molecule has 1 aromatic carbocycles. The van der Waals surface area contributed by atoms with Crippen LogP contribution in [0.1, 0.15) is 39.2 Å². The fraction of sp³-hybridized carbons (Fsp3) is 0.562. The van der Waals surface area contributed by atoms with Crippen molar-refractivity contribution in [3.05, 3.63) is 35.9 Å². The van der Waals surface area contributed by atoms with Gasteiger partial charge in [0.05, 0.1) is 0 Å². The number of nitrogens with one attached hydrogen (secondary N) is 1. The summed E-state index contributed by atoms with van der Waals surface area (Å²) in [6, 6.07) is 10.1. The third kappa shape index (κ3) is 8.04. The molecule has 0 aromatic heterocycles. The van der Waals surface area contributed by atoms with E-state index in [4.69, 9.17) is 0 Å². The van der Waals surface area contributed by atoms with Crippen molar-refractivity contribution in [3.63, 3.8) is 0 Å². The summed E-state index contributed by atoms with van der Waals surface area (Å²) in [4.78, 5) is 12.1. The van der Waals surface area contributed by atoms with Gasteiger partial charge in [-0.05, 0) is 23.8 Å². The molecule has 1 N–H and O–H groups in total. The molecule has 1 unspecified atom stereocenters. The largest absolute Gasteiger partial charge is 0.355 e. The summed E-state index contributed by atoms with van der Waals surface area (Å²) in [6.45, 7) is 7.32. The Labute approximate surface area is 125 Å². The molecule has 2 nitrogen and oxygen atoms in total. The van der Waals surface area contributed by atoms with Crippen LogP contribution in [0.5, 0.6) is 0 Å². The summed E-state index contributed by atoms with van der Waals surface area (Å²) in [5.41, 5.74) is 1.49. The van der Waals surface area contributed by atoms with Crippen LogP contribution in [0.4, 0.5) is 0 Å². The van der Waals surface area contributed by atoms with Gasteiger partial charge in [0.25, 0.3) is 0 Å². The zero-order valence-corrected chi connectivity index (χ0v) is 13.7. The number of rotatable bonds is 6. The Hall–Kier alpha value is -0.830. The van der Waals surface area contributed by atoms with E-state index in [0.29, 0.717) is 17.8 Å². The third-order valence-corrected chi connectivity index (χ3v) is 3.49. The number of benzene rings is 1. The van der Waals surface area contributed by atoms with Crippen LogP contribution < -0.4 is 5.32 Å². The van der Waals surface area contributed by atoms with Crippen LogP contribution in [-0.2, 0) is 11.2 Å². The van der Waals surface area contributed by atoms with E-state index in [1.165, 1.54) is 5.56 Å². The minimum Gasteiger partial charge on any atom is -0.355 e. The van der Waals surface area contributed by atoms with Crippen molar-refractivity contribution in [3.8, 4) is 0 Å². The first kappa shape index (κ1) is 16.2. The summed E-state index contributed by atoms with van der Waals surface area (Å²) < 4.78 is 0. The van der Waals surface area contributed by atoms with Gasteiger partial charge in [-0.1, -0.05) is 67.0 Å². The zero-order valence-electron chi connectivity index (χ0n) is 12.1. The number of hydrogen-bond acceptors (Lipinski definition) is 1. The van der Waals surface area contributed by atoms with Gasteiger partial charge in [-0.15, -0.1) is 0 Å². The minimum atomic E-state index is 0.127. The highest BCUT2D eigenvalue weighted by molar-refractivity contribution is 9.09. The lowest BCUT2D eigenvalue weighted by atomic mass is 9.90. The van der Waals surface area contributed by atoms with Gasteiger partial charge in [0, 0.05) is 17.8 Å². The summed E-state index contributed by atoms with van der Waals surface area (Å²) in [6.07, 6.45) is 2.41. The Morgan fingerprint density at radius 3 is 2.47 bits per heavy atom. The highest BCUT2D eigenvalue weighted by atomic mass is 79.9. The standard InChI is InChI=1S/C16H24BrNO/c1-16(2,3)11-14(17)12-18-15(19)10-9-13-7-5-4-6-8-13/h4-8,14H,9-12H2,1-3H3,(H,18,19). The molecule has 0 aliphatic rings. The Bertz CT molecular complexity index is 383. The number of amides is 1. The molecule has 3 heteroatoms. The van der Waals surface area contributed by atoms with Gasteiger partial charge in [-0.2, -0.15) is 0 Å². The molecule has 106 valence electrons. The molecule has 0 saturated heterocycles. The van der Waals surface area contributed by atoms with Gasteiger partial charge in [0.2, 0.25) is 5.91 Å². The van der Waals surface area contributed by atoms with Crippen molar-refractivity contribution in [2.75, 3.05) is 6.54 Å². The van der Waals surface area contributed by atoms with Crippen LogP contribution in [0, 0.1) is 5.41 Å². The molecular weight excluding hydrogens is 302 g/mol. The minimum absolute atomic E-state index is 0.127. The first-order chi connectivity index (χ1) is 8.87. The van der Waals surface area contributed by atoms with E-state index < -0.39 is 0 Å². The molecule has 0 fully saturated rings. The van der Waals surface area contributed by atoms with Crippen LogP contribution in [0.3, 0.4) is 0 Å². The normalized spacial score (nSPS) is 13.1. The predicted molar refractivity (Wildman–Crippen MR) is 84.6 cm³/mol. The molecule has 0 aliphatic heterocycles. The van der Waals surface area contributed by atoms with Crippen LogP contribution >= 0.6 is 15.9 Å². The molecule has 0 bridgehead atoms.